The summed E-state index contributed by atoms with van der Waals surface area (Å²) in [4.78, 5) is 4.75. The lowest BCUT2D eigenvalue weighted by Crippen LogP contribution is -2.43. The molecule has 1 fully saturated rings. The minimum absolute atomic E-state index is 0.0665. The van der Waals surface area contributed by atoms with Crippen LogP contribution in [0.2, 0.25) is 0 Å². The Labute approximate surface area is 176 Å². The molecule has 29 heavy (non-hydrogen) atoms. The first kappa shape index (κ1) is 21.6. The number of ether oxygens (including phenoxy) is 2. The van der Waals surface area contributed by atoms with Crippen molar-refractivity contribution < 1.29 is 9.47 Å². The van der Waals surface area contributed by atoms with Gasteiger partial charge in [0.25, 0.3) is 0 Å². The van der Waals surface area contributed by atoms with Crippen molar-refractivity contribution >= 4 is 6.21 Å². The van der Waals surface area contributed by atoms with E-state index in [2.05, 4.69) is 56.3 Å². The third-order valence-electron chi connectivity index (χ3n) is 5.61. The predicted molar refractivity (Wildman–Crippen MR) is 121 cm³/mol. The zero-order chi connectivity index (χ0) is 20.7. The van der Waals surface area contributed by atoms with Crippen LogP contribution < -0.4 is 4.74 Å². The van der Waals surface area contributed by atoms with Crippen LogP contribution in [0.25, 0.3) is 0 Å². The van der Waals surface area contributed by atoms with E-state index >= 15 is 0 Å². The van der Waals surface area contributed by atoms with Crippen molar-refractivity contribution in [3.05, 3.63) is 65.7 Å². The molecule has 3 heteroatoms. The number of benzene rings is 2. The molecule has 0 amide bonds. The summed E-state index contributed by atoms with van der Waals surface area (Å²) in [6.07, 6.45) is 6.53. The molecular formula is C26H35NO2. The van der Waals surface area contributed by atoms with Crippen LogP contribution in [0.3, 0.4) is 0 Å². The maximum Gasteiger partial charge on any atom is 0.119 e. The van der Waals surface area contributed by atoms with Crippen molar-refractivity contribution in [3.8, 4) is 5.75 Å². The standard InChI is InChI=1S/C26H35NO2/c1-21(2)29-24-12-10-23(11-13-24)19-27-16-14-26(15-17-28-25(3,4)20-26)18-22-8-6-5-7-9-22/h5-13,19,21H,14-18,20H2,1-4H3. The maximum atomic E-state index is 6.02. The third kappa shape index (κ3) is 6.71. The number of hydrogen-bond acceptors (Lipinski definition) is 3. The third-order valence-corrected chi connectivity index (χ3v) is 5.61. The molecule has 1 saturated heterocycles. The molecule has 2 aromatic rings. The Morgan fingerprint density at radius 2 is 1.79 bits per heavy atom. The van der Waals surface area contributed by atoms with E-state index < -0.39 is 0 Å². The maximum absolute atomic E-state index is 6.02. The second-order valence-corrected chi connectivity index (χ2v) is 9.22. The first-order valence-electron chi connectivity index (χ1n) is 10.8. The molecule has 0 radical (unpaired) electrons. The van der Waals surface area contributed by atoms with Gasteiger partial charge in [0.15, 0.2) is 0 Å². The summed E-state index contributed by atoms with van der Waals surface area (Å²) < 4.78 is 11.7. The molecular weight excluding hydrogens is 358 g/mol. The van der Waals surface area contributed by atoms with Crippen LogP contribution >= 0.6 is 0 Å². The van der Waals surface area contributed by atoms with Gasteiger partial charge in [0, 0.05) is 19.4 Å². The molecule has 1 aliphatic heterocycles. The highest BCUT2D eigenvalue weighted by molar-refractivity contribution is 5.79. The van der Waals surface area contributed by atoms with Gasteiger partial charge in [-0.25, -0.2) is 0 Å². The molecule has 0 aromatic heterocycles. The van der Waals surface area contributed by atoms with Crippen molar-refractivity contribution in [2.75, 3.05) is 13.2 Å². The summed E-state index contributed by atoms with van der Waals surface area (Å²) >= 11 is 0. The molecule has 0 N–H and O–H groups in total. The van der Waals surface area contributed by atoms with Crippen LogP contribution in [-0.4, -0.2) is 31.1 Å². The van der Waals surface area contributed by atoms with Crippen molar-refractivity contribution in [3.63, 3.8) is 0 Å². The van der Waals surface area contributed by atoms with Gasteiger partial charge in [-0.05, 0) is 94.2 Å². The molecule has 156 valence electrons. The Bertz CT molecular complexity index is 780. The van der Waals surface area contributed by atoms with E-state index in [1.54, 1.807) is 0 Å². The highest BCUT2D eigenvalue weighted by atomic mass is 16.5. The molecule has 1 aliphatic rings. The number of nitrogens with zero attached hydrogens (tertiary/aromatic N) is 1. The second-order valence-electron chi connectivity index (χ2n) is 9.22. The van der Waals surface area contributed by atoms with Gasteiger partial charge in [-0.15, -0.1) is 0 Å². The molecule has 0 saturated carbocycles. The first-order chi connectivity index (χ1) is 13.9. The van der Waals surface area contributed by atoms with Crippen LogP contribution in [0.5, 0.6) is 5.75 Å². The Balaban J connectivity index is 1.63. The van der Waals surface area contributed by atoms with Crippen molar-refractivity contribution in [2.24, 2.45) is 10.4 Å². The van der Waals surface area contributed by atoms with Gasteiger partial charge in [0.1, 0.15) is 5.75 Å². The molecule has 3 nitrogen and oxygen atoms in total. The second kappa shape index (κ2) is 9.58. The van der Waals surface area contributed by atoms with Crippen molar-refractivity contribution in [2.45, 2.75) is 65.1 Å². The molecule has 3 rings (SSSR count). The van der Waals surface area contributed by atoms with E-state index in [4.69, 9.17) is 14.5 Å². The predicted octanol–water partition coefficient (Wildman–Crippen LogP) is 6.10. The molecule has 0 bridgehead atoms. The van der Waals surface area contributed by atoms with Gasteiger partial charge in [0.05, 0.1) is 11.7 Å². The van der Waals surface area contributed by atoms with E-state index in [-0.39, 0.29) is 17.1 Å². The summed E-state index contributed by atoms with van der Waals surface area (Å²) in [7, 11) is 0. The summed E-state index contributed by atoms with van der Waals surface area (Å²) in [5, 5.41) is 0. The molecule has 1 atom stereocenters. The first-order valence-corrected chi connectivity index (χ1v) is 10.8. The Morgan fingerprint density at radius 3 is 2.45 bits per heavy atom. The zero-order valence-electron chi connectivity index (χ0n) is 18.4. The van der Waals surface area contributed by atoms with E-state index in [0.29, 0.717) is 0 Å². The highest BCUT2D eigenvalue weighted by Crippen LogP contribution is 2.44. The lowest BCUT2D eigenvalue weighted by atomic mass is 9.68. The van der Waals surface area contributed by atoms with Gasteiger partial charge in [-0.3, -0.25) is 4.99 Å². The summed E-state index contributed by atoms with van der Waals surface area (Å²) in [6.45, 7) is 10.2. The van der Waals surface area contributed by atoms with Crippen molar-refractivity contribution in [1.82, 2.24) is 0 Å². The Hall–Kier alpha value is -2.13. The quantitative estimate of drug-likeness (QED) is 0.507. The van der Waals surface area contributed by atoms with Gasteiger partial charge in [-0.2, -0.15) is 0 Å². The summed E-state index contributed by atoms with van der Waals surface area (Å²) in [5.74, 6) is 0.906. The molecule has 0 aliphatic carbocycles. The molecule has 0 spiro atoms. The minimum atomic E-state index is -0.0665. The van der Waals surface area contributed by atoms with Crippen LogP contribution in [0.1, 0.15) is 58.1 Å². The van der Waals surface area contributed by atoms with Gasteiger partial charge >= 0.3 is 0 Å². The van der Waals surface area contributed by atoms with E-state index in [1.165, 1.54) is 5.56 Å². The minimum Gasteiger partial charge on any atom is -0.491 e. The Kier molecular flexibility index (Phi) is 7.13. The van der Waals surface area contributed by atoms with Gasteiger partial charge in [-0.1, -0.05) is 30.3 Å². The fourth-order valence-electron chi connectivity index (χ4n) is 4.44. The summed E-state index contributed by atoms with van der Waals surface area (Å²) in [6, 6.07) is 19.0. The number of hydrogen-bond donors (Lipinski definition) is 0. The topological polar surface area (TPSA) is 30.8 Å². The fraction of sp³-hybridized carbons (Fsp3) is 0.500. The average Bonchev–Trinajstić information content (AvgIpc) is 2.66. The fourth-order valence-corrected chi connectivity index (χ4v) is 4.44. The van der Waals surface area contributed by atoms with Gasteiger partial charge < -0.3 is 9.47 Å². The largest absolute Gasteiger partial charge is 0.491 e. The van der Waals surface area contributed by atoms with Crippen LogP contribution in [0, 0.1) is 5.41 Å². The zero-order valence-corrected chi connectivity index (χ0v) is 18.4. The van der Waals surface area contributed by atoms with Gasteiger partial charge in [0.2, 0.25) is 0 Å². The van der Waals surface area contributed by atoms with E-state index in [1.807, 2.05) is 32.2 Å². The lowest BCUT2D eigenvalue weighted by Gasteiger charge is -2.45. The lowest BCUT2D eigenvalue weighted by molar-refractivity contribution is -0.106. The normalized spacial score (nSPS) is 21.6. The molecule has 1 unspecified atom stereocenters. The van der Waals surface area contributed by atoms with Crippen molar-refractivity contribution in [1.29, 1.82) is 0 Å². The SMILES string of the molecule is CC(C)Oc1ccc(C=NCCC2(Cc3ccccc3)CCOC(C)(C)C2)cc1. The van der Waals surface area contributed by atoms with E-state index in [0.717, 1.165) is 50.1 Å². The molecule has 2 aromatic carbocycles. The highest BCUT2D eigenvalue weighted by Gasteiger charge is 2.40. The van der Waals surface area contributed by atoms with Crippen LogP contribution in [0.15, 0.2) is 59.6 Å². The van der Waals surface area contributed by atoms with E-state index in [9.17, 15) is 0 Å². The van der Waals surface area contributed by atoms with Crippen LogP contribution in [-0.2, 0) is 11.2 Å². The van der Waals surface area contributed by atoms with Crippen LogP contribution in [0.4, 0.5) is 0 Å². The monoisotopic (exact) mass is 393 g/mol. The molecule has 1 heterocycles. The Morgan fingerprint density at radius 1 is 1.07 bits per heavy atom. The summed E-state index contributed by atoms with van der Waals surface area (Å²) in [5.41, 5.74) is 2.71. The number of aliphatic imine (C=N–C) groups is 1. The average molecular weight is 394 g/mol. The number of rotatable bonds is 8. The smallest absolute Gasteiger partial charge is 0.119 e.